The van der Waals surface area contributed by atoms with Crippen LogP contribution < -0.4 is 0 Å². The Morgan fingerprint density at radius 1 is 0.315 bits per heavy atom. The van der Waals surface area contributed by atoms with Crippen LogP contribution in [0.4, 0.5) is 0 Å². The molecule has 0 saturated heterocycles. The number of nitrogens with zero attached hydrogens (tertiary/aromatic N) is 3. The lowest BCUT2D eigenvalue weighted by Crippen LogP contribution is -2.43. The summed E-state index contributed by atoms with van der Waals surface area (Å²) in [7, 11) is 0. The van der Waals surface area contributed by atoms with E-state index in [4.69, 9.17) is 15.0 Å². The molecule has 8 aromatic carbocycles. The van der Waals surface area contributed by atoms with Gasteiger partial charge in [-0.15, -0.1) is 0 Å². The van der Waals surface area contributed by atoms with E-state index in [2.05, 4.69) is 173 Å². The van der Waals surface area contributed by atoms with Crippen LogP contribution in [0.1, 0.15) is 38.8 Å². The summed E-state index contributed by atoms with van der Waals surface area (Å²) in [6.07, 6.45) is 0. The molecule has 0 unspecified atom stereocenters. The average molecular weight is 694 g/mol. The van der Waals surface area contributed by atoms with Crippen LogP contribution in [0.2, 0.25) is 0 Å². The van der Waals surface area contributed by atoms with Crippen LogP contribution in [0.15, 0.2) is 164 Å². The second-order valence-electron chi connectivity index (χ2n) is 15.6. The van der Waals surface area contributed by atoms with Crippen molar-refractivity contribution in [3.05, 3.63) is 175 Å². The summed E-state index contributed by atoms with van der Waals surface area (Å²) in [6.45, 7) is 9.51. The zero-order valence-corrected chi connectivity index (χ0v) is 30.9. The summed E-state index contributed by atoms with van der Waals surface area (Å²) in [5, 5.41) is 7.25. The topological polar surface area (TPSA) is 38.7 Å². The maximum absolute atomic E-state index is 5.31. The fraction of sp³-hybridized carbons (Fsp3) is 0.118. The lowest BCUT2D eigenvalue weighted by Gasteiger charge is -2.48. The predicted octanol–water partition coefficient (Wildman–Crippen LogP) is 13.2. The van der Waals surface area contributed by atoms with Crippen LogP contribution in [0.3, 0.4) is 0 Å². The van der Waals surface area contributed by atoms with E-state index in [0.717, 1.165) is 33.2 Å². The van der Waals surface area contributed by atoms with E-state index in [1.165, 1.54) is 49.2 Å². The fourth-order valence-electron chi connectivity index (χ4n) is 8.73. The first-order valence-electron chi connectivity index (χ1n) is 18.8. The molecule has 0 bridgehead atoms. The number of benzene rings is 8. The molecule has 3 nitrogen and oxygen atoms in total. The Morgan fingerprint density at radius 3 is 1.67 bits per heavy atom. The van der Waals surface area contributed by atoms with Crippen molar-refractivity contribution in [3.63, 3.8) is 0 Å². The average Bonchev–Trinajstić information content (AvgIpc) is 3.22. The molecule has 0 radical (unpaired) electrons. The Hall–Kier alpha value is -6.45. The van der Waals surface area contributed by atoms with Crippen LogP contribution >= 0.6 is 0 Å². The SMILES string of the molecule is CC1(C)c2ccccc2-c2cc(-c3ccccc3-c3nc(-c4ccccc4)nc(-c4cccc5c4ccc4c6ccccc6ccc54)n3)ccc2C1(C)C. The van der Waals surface area contributed by atoms with E-state index < -0.39 is 0 Å². The molecule has 3 heteroatoms. The standard InChI is InChI=1S/C51H39N3/c1-50(2)45-24-13-12-20-41(45)44-31-34(26-30-46(44)51(50,3)4)36-19-10-11-21-42(36)48-52-47(33-16-6-5-7-17-33)53-49(54-48)43-23-14-22-37-39-27-25-32-15-8-9-18-35(32)38(39)28-29-40(37)43/h5-31H,1-4H3. The molecule has 9 aromatic rings. The van der Waals surface area contributed by atoms with Crippen LogP contribution in [0, 0.1) is 0 Å². The molecule has 1 aliphatic rings. The minimum Gasteiger partial charge on any atom is -0.208 e. The molecule has 10 rings (SSSR count). The summed E-state index contributed by atoms with van der Waals surface area (Å²) < 4.78 is 0. The molecule has 1 aliphatic carbocycles. The summed E-state index contributed by atoms with van der Waals surface area (Å²) in [4.78, 5) is 15.7. The number of hydrogen-bond donors (Lipinski definition) is 0. The van der Waals surface area contributed by atoms with Crippen molar-refractivity contribution in [1.82, 2.24) is 15.0 Å². The Bertz CT molecular complexity index is 2940. The largest absolute Gasteiger partial charge is 0.208 e. The van der Waals surface area contributed by atoms with Gasteiger partial charge in [0.2, 0.25) is 0 Å². The fourth-order valence-corrected chi connectivity index (χ4v) is 8.73. The third-order valence-electron chi connectivity index (χ3n) is 12.3. The van der Waals surface area contributed by atoms with Gasteiger partial charge in [0.15, 0.2) is 17.5 Å². The van der Waals surface area contributed by atoms with E-state index in [9.17, 15) is 0 Å². The molecule has 258 valence electrons. The van der Waals surface area contributed by atoms with Crippen molar-refractivity contribution in [2.24, 2.45) is 0 Å². The van der Waals surface area contributed by atoms with Crippen LogP contribution in [-0.4, -0.2) is 15.0 Å². The number of hydrogen-bond acceptors (Lipinski definition) is 3. The van der Waals surface area contributed by atoms with Crippen LogP contribution in [0.25, 0.3) is 88.7 Å². The molecule has 0 saturated carbocycles. The molecule has 0 fully saturated rings. The molecule has 1 aromatic heterocycles. The molecular formula is C51H39N3. The van der Waals surface area contributed by atoms with Gasteiger partial charge in [0.1, 0.15) is 0 Å². The summed E-state index contributed by atoms with van der Waals surface area (Å²) in [6, 6.07) is 58.7. The minimum atomic E-state index is -0.0562. The first-order chi connectivity index (χ1) is 26.3. The summed E-state index contributed by atoms with van der Waals surface area (Å²) in [5.74, 6) is 1.96. The third-order valence-corrected chi connectivity index (χ3v) is 12.3. The van der Waals surface area contributed by atoms with Crippen LogP contribution in [0.5, 0.6) is 0 Å². The number of fused-ring (bicyclic) bond motifs is 8. The predicted molar refractivity (Wildman–Crippen MR) is 226 cm³/mol. The van der Waals surface area contributed by atoms with E-state index in [0.29, 0.717) is 17.5 Å². The van der Waals surface area contributed by atoms with E-state index >= 15 is 0 Å². The molecule has 1 heterocycles. The Balaban J connectivity index is 1.18. The molecule has 54 heavy (non-hydrogen) atoms. The molecule has 0 N–H and O–H groups in total. The van der Waals surface area contributed by atoms with Gasteiger partial charge in [-0.25, -0.2) is 15.0 Å². The maximum Gasteiger partial charge on any atom is 0.164 e. The minimum absolute atomic E-state index is 0.0210. The summed E-state index contributed by atoms with van der Waals surface area (Å²) in [5.41, 5.74) is 10.4. The quantitative estimate of drug-likeness (QED) is 0.172. The van der Waals surface area contributed by atoms with Crippen molar-refractivity contribution in [1.29, 1.82) is 0 Å². The van der Waals surface area contributed by atoms with E-state index in [1.807, 2.05) is 18.2 Å². The highest BCUT2D eigenvalue weighted by Crippen LogP contribution is 2.54. The molecular weight excluding hydrogens is 655 g/mol. The van der Waals surface area contributed by atoms with Gasteiger partial charge in [0.25, 0.3) is 0 Å². The number of aromatic nitrogens is 3. The Labute approximate surface area is 316 Å². The first-order valence-corrected chi connectivity index (χ1v) is 18.8. The van der Waals surface area contributed by atoms with Gasteiger partial charge in [-0.2, -0.15) is 0 Å². The highest BCUT2D eigenvalue weighted by atomic mass is 15.0. The maximum atomic E-state index is 5.31. The van der Waals surface area contributed by atoms with Crippen LogP contribution in [-0.2, 0) is 10.8 Å². The highest BCUT2D eigenvalue weighted by Gasteiger charge is 2.45. The van der Waals surface area contributed by atoms with Gasteiger partial charge in [-0.3, -0.25) is 0 Å². The Kier molecular flexibility index (Phi) is 7.19. The molecule has 0 amide bonds. The van der Waals surface area contributed by atoms with Crippen molar-refractivity contribution >= 4 is 32.3 Å². The monoisotopic (exact) mass is 693 g/mol. The van der Waals surface area contributed by atoms with Crippen molar-refractivity contribution in [2.75, 3.05) is 0 Å². The second kappa shape index (κ2) is 12.0. The van der Waals surface area contributed by atoms with E-state index in [-0.39, 0.29) is 10.8 Å². The van der Waals surface area contributed by atoms with Gasteiger partial charge in [0, 0.05) is 16.7 Å². The molecule has 0 aliphatic heterocycles. The van der Waals surface area contributed by atoms with Gasteiger partial charge in [-0.1, -0.05) is 185 Å². The summed E-state index contributed by atoms with van der Waals surface area (Å²) >= 11 is 0. The van der Waals surface area contributed by atoms with Crippen molar-refractivity contribution in [2.45, 2.75) is 38.5 Å². The highest BCUT2D eigenvalue weighted by molar-refractivity contribution is 6.19. The first kappa shape index (κ1) is 32.2. The van der Waals surface area contributed by atoms with Crippen molar-refractivity contribution in [3.8, 4) is 56.4 Å². The van der Waals surface area contributed by atoms with E-state index in [1.54, 1.807) is 0 Å². The van der Waals surface area contributed by atoms with Crippen molar-refractivity contribution < 1.29 is 0 Å². The smallest absolute Gasteiger partial charge is 0.164 e. The normalized spacial score (nSPS) is 14.2. The second-order valence-corrected chi connectivity index (χ2v) is 15.6. The number of rotatable bonds is 4. The van der Waals surface area contributed by atoms with Gasteiger partial charge in [-0.05, 0) is 82.6 Å². The Morgan fingerprint density at radius 2 is 0.852 bits per heavy atom. The van der Waals surface area contributed by atoms with Gasteiger partial charge in [0.05, 0.1) is 0 Å². The van der Waals surface area contributed by atoms with Gasteiger partial charge < -0.3 is 0 Å². The molecule has 0 spiro atoms. The van der Waals surface area contributed by atoms with Gasteiger partial charge >= 0.3 is 0 Å². The lowest BCUT2D eigenvalue weighted by atomic mass is 9.55. The zero-order valence-electron chi connectivity index (χ0n) is 30.9. The third kappa shape index (κ3) is 4.85. The zero-order chi connectivity index (χ0) is 36.6. The molecule has 0 atom stereocenters. The lowest BCUT2D eigenvalue weighted by molar-refractivity contribution is 0.299.